The van der Waals surface area contributed by atoms with Gasteiger partial charge in [-0.2, -0.15) is 0 Å². The van der Waals surface area contributed by atoms with Crippen LogP contribution in [0.5, 0.6) is 17.2 Å². The Morgan fingerprint density at radius 3 is 2.43 bits per heavy atom. The van der Waals surface area contributed by atoms with Gasteiger partial charge in [0.2, 0.25) is 0 Å². The molecule has 1 saturated heterocycles. The number of benzene rings is 2. The van der Waals surface area contributed by atoms with Gasteiger partial charge in [-0.15, -0.1) is 0 Å². The van der Waals surface area contributed by atoms with Crippen LogP contribution in [0.15, 0.2) is 72.6 Å². The molecule has 0 unspecified atom stereocenters. The zero-order valence-electron chi connectivity index (χ0n) is 21.1. The molecule has 0 aliphatic carbocycles. The van der Waals surface area contributed by atoms with Crippen molar-refractivity contribution >= 4 is 17.4 Å². The van der Waals surface area contributed by atoms with E-state index in [1.165, 1.54) is 19.1 Å². The van der Waals surface area contributed by atoms with Crippen molar-refractivity contribution in [2.45, 2.75) is 32.4 Å². The lowest BCUT2D eigenvalue weighted by atomic mass is 9.94. The van der Waals surface area contributed by atoms with Gasteiger partial charge < -0.3 is 24.2 Å². The Morgan fingerprint density at radius 2 is 1.78 bits per heavy atom. The number of carbonyl (C=O) groups excluding carboxylic acids is 2. The number of methoxy groups -OCH3 is 2. The lowest BCUT2D eigenvalue weighted by Gasteiger charge is -2.27. The molecular weight excluding hydrogens is 472 g/mol. The van der Waals surface area contributed by atoms with E-state index in [4.69, 9.17) is 14.2 Å². The fraction of sp³-hybridized carbons (Fsp3) is 0.276. The van der Waals surface area contributed by atoms with Crippen LogP contribution in [-0.2, 0) is 16.1 Å². The molecular formula is C29H30N2O6. The van der Waals surface area contributed by atoms with Gasteiger partial charge in [-0.1, -0.05) is 19.4 Å². The molecule has 8 heteroatoms. The highest BCUT2D eigenvalue weighted by atomic mass is 16.5. The maximum Gasteiger partial charge on any atom is 0.295 e. The van der Waals surface area contributed by atoms with Crippen LogP contribution in [0.2, 0.25) is 0 Å². The molecule has 1 aliphatic heterocycles. The Morgan fingerprint density at radius 1 is 1.03 bits per heavy atom. The minimum absolute atomic E-state index is 0.0277. The van der Waals surface area contributed by atoms with Crippen LogP contribution in [0.1, 0.15) is 42.5 Å². The van der Waals surface area contributed by atoms with Crippen LogP contribution >= 0.6 is 0 Å². The molecule has 192 valence electrons. The first kappa shape index (κ1) is 25.8. The van der Waals surface area contributed by atoms with Gasteiger partial charge in [0.1, 0.15) is 23.0 Å². The van der Waals surface area contributed by atoms with Gasteiger partial charge in [0.15, 0.2) is 0 Å². The number of pyridine rings is 1. The summed E-state index contributed by atoms with van der Waals surface area (Å²) < 4.78 is 16.7. The van der Waals surface area contributed by atoms with Crippen molar-refractivity contribution in [1.82, 2.24) is 9.88 Å². The maximum absolute atomic E-state index is 13.4. The van der Waals surface area contributed by atoms with E-state index in [2.05, 4.69) is 11.9 Å². The Bertz CT molecular complexity index is 1290. The average molecular weight is 503 g/mol. The zero-order chi connectivity index (χ0) is 26.4. The molecule has 37 heavy (non-hydrogen) atoms. The van der Waals surface area contributed by atoms with Crippen molar-refractivity contribution in [3.05, 3.63) is 89.3 Å². The monoisotopic (exact) mass is 502 g/mol. The zero-order valence-corrected chi connectivity index (χ0v) is 21.1. The van der Waals surface area contributed by atoms with Crippen molar-refractivity contribution in [1.29, 1.82) is 0 Å². The summed E-state index contributed by atoms with van der Waals surface area (Å²) in [5.74, 6) is -0.139. The van der Waals surface area contributed by atoms with Gasteiger partial charge in [0.05, 0.1) is 32.4 Å². The lowest BCUT2D eigenvalue weighted by molar-refractivity contribution is -0.140. The molecule has 1 N–H and O–H groups in total. The van der Waals surface area contributed by atoms with E-state index in [9.17, 15) is 14.7 Å². The Kier molecular flexibility index (Phi) is 8.08. The lowest BCUT2D eigenvalue weighted by Crippen LogP contribution is -2.29. The summed E-state index contributed by atoms with van der Waals surface area (Å²) in [5.41, 5.74) is 1.63. The number of ether oxygens (including phenoxy) is 3. The number of likely N-dealkylation sites (tertiary alicyclic amines) is 1. The number of carbonyl (C=O) groups is 2. The highest BCUT2D eigenvalue weighted by molar-refractivity contribution is 6.46. The van der Waals surface area contributed by atoms with Crippen LogP contribution in [0.4, 0.5) is 0 Å². The van der Waals surface area contributed by atoms with Gasteiger partial charge in [0, 0.05) is 30.1 Å². The molecule has 1 atom stereocenters. The van der Waals surface area contributed by atoms with Crippen LogP contribution in [-0.4, -0.2) is 47.5 Å². The topological polar surface area (TPSA) is 98.2 Å². The fourth-order valence-corrected chi connectivity index (χ4v) is 4.31. The number of aliphatic hydroxyl groups excluding tert-OH is 1. The highest BCUT2D eigenvalue weighted by Crippen LogP contribution is 2.44. The van der Waals surface area contributed by atoms with Crippen molar-refractivity contribution in [3.8, 4) is 17.2 Å². The van der Waals surface area contributed by atoms with E-state index in [1.807, 2.05) is 6.07 Å². The number of nitrogens with zero attached hydrogens (tertiary/aromatic N) is 2. The number of aromatic nitrogens is 1. The molecule has 0 bridgehead atoms. The predicted octanol–water partition coefficient (Wildman–Crippen LogP) is 4.90. The predicted molar refractivity (Wildman–Crippen MR) is 138 cm³/mol. The quantitative estimate of drug-likeness (QED) is 0.182. The van der Waals surface area contributed by atoms with E-state index in [-0.39, 0.29) is 17.9 Å². The van der Waals surface area contributed by atoms with Gasteiger partial charge in [-0.3, -0.25) is 14.6 Å². The molecule has 8 nitrogen and oxygen atoms in total. The summed E-state index contributed by atoms with van der Waals surface area (Å²) in [4.78, 5) is 32.2. The standard InChI is InChI=1S/C29H30N2O6/c1-4-5-15-37-21-10-8-20(9-11-21)27(32)25-26(23-16-22(35-2)12-13-24(23)36-3)31(29(34)28(25)33)18-19-7-6-14-30-17-19/h6-14,16-17,26,32H,4-5,15,18H2,1-3H3/t26-/m1/s1. The van der Waals surface area contributed by atoms with Crippen molar-refractivity contribution in [3.63, 3.8) is 0 Å². The Hall–Kier alpha value is -4.33. The third kappa shape index (κ3) is 5.43. The number of unbranched alkanes of at least 4 members (excludes halogenated alkanes) is 1. The SMILES string of the molecule is CCCCOc1ccc(C(O)=C2C(=O)C(=O)N(Cc3cccnc3)[C@@H]2c2cc(OC)ccc2OC)cc1. The molecule has 2 aromatic carbocycles. The summed E-state index contributed by atoms with van der Waals surface area (Å²) in [6, 6.07) is 14.6. The second-order valence-electron chi connectivity index (χ2n) is 8.62. The van der Waals surface area contributed by atoms with Crippen LogP contribution in [0.3, 0.4) is 0 Å². The number of hydrogen-bond acceptors (Lipinski definition) is 7. The first-order chi connectivity index (χ1) is 18.0. The second kappa shape index (κ2) is 11.6. The summed E-state index contributed by atoms with van der Waals surface area (Å²) in [6.07, 6.45) is 5.22. The molecule has 1 aromatic heterocycles. The minimum Gasteiger partial charge on any atom is -0.507 e. The number of rotatable bonds is 10. The smallest absolute Gasteiger partial charge is 0.295 e. The normalized spacial score (nSPS) is 16.6. The Balaban J connectivity index is 1.82. The molecule has 0 radical (unpaired) electrons. The summed E-state index contributed by atoms with van der Waals surface area (Å²) in [5, 5.41) is 11.4. The first-order valence-electron chi connectivity index (χ1n) is 12.1. The average Bonchev–Trinajstić information content (AvgIpc) is 3.18. The molecule has 0 saturated carbocycles. The largest absolute Gasteiger partial charge is 0.507 e. The van der Waals surface area contributed by atoms with E-state index >= 15 is 0 Å². The number of hydrogen-bond donors (Lipinski definition) is 1. The molecule has 2 heterocycles. The molecule has 4 rings (SSSR count). The van der Waals surface area contributed by atoms with Crippen molar-refractivity contribution in [2.24, 2.45) is 0 Å². The summed E-state index contributed by atoms with van der Waals surface area (Å²) in [6.45, 7) is 2.79. The number of Topliss-reactive ketones (excluding diaryl/α,β-unsaturated/α-hetero) is 1. The Labute approximate surface area is 216 Å². The van der Waals surface area contributed by atoms with Crippen LogP contribution in [0, 0.1) is 0 Å². The van der Waals surface area contributed by atoms with Crippen LogP contribution in [0.25, 0.3) is 5.76 Å². The molecule has 0 spiro atoms. The summed E-state index contributed by atoms with van der Waals surface area (Å²) >= 11 is 0. The van der Waals surface area contributed by atoms with Gasteiger partial charge in [-0.25, -0.2) is 0 Å². The third-order valence-corrected chi connectivity index (χ3v) is 6.24. The van der Waals surface area contributed by atoms with Crippen molar-refractivity contribution in [2.75, 3.05) is 20.8 Å². The first-order valence-corrected chi connectivity index (χ1v) is 12.1. The highest BCUT2D eigenvalue weighted by Gasteiger charge is 2.47. The number of aliphatic hydroxyl groups is 1. The minimum atomic E-state index is -0.911. The fourth-order valence-electron chi connectivity index (χ4n) is 4.31. The molecule has 1 amide bonds. The van der Waals surface area contributed by atoms with Crippen LogP contribution < -0.4 is 14.2 Å². The third-order valence-electron chi connectivity index (χ3n) is 6.24. The summed E-state index contributed by atoms with van der Waals surface area (Å²) in [7, 11) is 3.04. The van der Waals surface area contributed by atoms with Crippen molar-refractivity contribution < 1.29 is 28.9 Å². The molecule has 1 aliphatic rings. The number of ketones is 1. The van der Waals surface area contributed by atoms with E-state index in [0.29, 0.717) is 35.0 Å². The van der Waals surface area contributed by atoms with Gasteiger partial charge in [0.25, 0.3) is 11.7 Å². The molecule has 1 fully saturated rings. The van der Waals surface area contributed by atoms with Gasteiger partial charge in [-0.05, 0) is 60.5 Å². The molecule has 3 aromatic rings. The van der Waals surface area contributed by atoms with E-state index in [0.717, 1.165) is 18.4 Å². The number of amides is 1. The van der Waals surface area contributed by atoms with E-state index < -0.39 is 17.7 Å². The maximum atomic E-state index is 13.4. The van der Waals surface area contributed by atoms with E-state index in [1.54, 1.807) is 60.9 Å². The van der Waals surface area contributed by atoms with Gasteiger partial charge >= 0.3 is 0 Å². The second-order valence-corrected chi connectivity index (χ2v) is 8.62.